The maximum absolute atomic E-state index is 13.5. The zero-order valence-electron chi connectivity index (χ0n) is 10.4. The van der Waals surface area contributed by atoms with Crippen molar-refractivity contribution < 1.29 is 4.39 Å². The second-order valence-corrected chi connectivity index (χ2v) is 6.08. The summed E-state index contributed by atoms with van der Waals surface area (Å²) in [5.41, 5.74) is 0.758. The van der Waals surface area contributed by atoms with Gasteiger partial charge in [0.25, 0.3) is 0 Å². The number of hydrogen-bond donors (Lipinski definition) is 1. The normalized spacial score (nSPS) is 22.7. The quantitative estimate of drug-likeness (QED) is 0.899. The largest absolute Gasteiger partial charge is 0.381 e. The highest BCUT2D eigenvalue weighted by molar-refractivity contribution is 7.99. The van der Waals surface area contributed by atoms with Gasteiger partial charge in [0, 0.05) is 11.3 Å². The van der Waals surface area contributed by atoms with Crippen molar-refractivity contribution in [2.75, 3.05) is 11.1 Å². The van der Waals surface area contributed by atoms with Crippen molar-refractivity contribution in [3.05, 3.63) is 29.6 Å². The van der Waals surface area contributed by atoms with E-state index < -0.39 is 5.82 Å². The molecular weight excluding hydrogens is 247 g/mol. The Morgan fingerprint density at radius 2 is 2.33 bits per heavy atom. The monoisotopic (exact) mass is 264 g/mol. The second kappa shape index (κ2) is 6.10. The molecule has 1 aliphatic carbocycles. The molecule has 0 radical (unpaired) electrons. The van der Waals surface area contributed by atoms with Crippen LogP contribution in [0.25, 0.3) is 0 Å². The third-order valence-corrected chi connectivity index (χ3v) is 4.50. The molecule has 1 aliphatic rings. The lowest BCUT2D eigenvalue weighted by Crippen LogP contribution is -2.17. The number of halogens is 1. The molecule has 0 aromatic heterocycles. The van der Waals surface area contributed by atoms with E-state index in [2.05, 4.69) is 12.2 Å². The van der Waals surface area contributed by atoms with Gasteiger partial charge in [-0.2, -0.15) is 17.0 Å². The van der Waals surface area contributed by atoms with Crippen LogP contribution < -0.4 is 5.32 Å². The lowest BCUT2D eigenvalue weighted by molar-refractivity contribution is 0.623. The Kier molecular flexibility index (Phi) is 4.48. The molecule has 2 atom stereocenters. The van der Waals surface area contributed by atoms with E-state index in [1.807, 2.05) is 17.8 Å². The molecule has 18 heavy (non-hydrogen) atoms. The van der Waals surface area contributed by atoms with Crippen LogP contribution in [0, 0.1) is 17.1 Å². The minimum absolute atomic E-state index is 0.129. The van der Waals surface area contributed by atoms with Gasteiger partial charge in [0.2, 0.25) is 0 Å². The molecule has 1 fully saturated rings. The van der Waals surface area contributed by atoms with E-state index in [0.29, 0.717) is 17.0 Å². The first-order valence-corrected chi connectivity index (χ1v) is 7.36. The fraction of sp³-hybridized carbons (Fsp3) is 0.500. The summed E-state index contributed by atoms with van der Waals surface area (Å²) >= 11 is 1.99. The number of hydrogen-bond acceptors (Lipinski definition) is 3. The number of nitrogens with zero attached hydrogens (tertiary/aromatic N) is 1. The first-order valence-electron chi connectivity index (χ1n) is 6.31. The van der Waals surface area contributed by atoms with Crippen molar-refractivity contribution in [1.82, 2.24) is 0 Å². The fourth-order valence-corrected chi connectivity index (χ4v) is 3.58. The molecule has 96 valence electrons. The van der Waals surface area contributed by atoms with Crippen LogP contribution in [0.2, 0.25) is 0 Å². The van der Waals surface area contributed by atoms with Gasteiger partial charge < -0.3 is 5.32 Å². The molecule has 0 saturated heterocycles. The Labute approximate surface area is 112 Å². The summed E-state index contributed by atoms with van der Waals surface area (Å²) < 4.78 is 13.5. The van der Waals surface area contributed by atoms with Gasteiger partial charge in [-0.25, -0.2) is 4.39 Å². The Balaban J connectivity index is 2.03. The van der Waals surface area contributed by atoms with Crippen LogP contribution in [0.1, 0.15) is 31.7 Å². The minimum Gasteiger partial charge on any atom is -0.381 e. The van der Waals surface area contributed by atoms with Gasteiger partial charge in [-0.15, -0.1) is 0 Å². The molecule has 1 saturated carbocycles. The van der Waals surface area contributed by atoms with E-state index in [0.717, 1.165) is 18.6 Å². The van der Waals surface area contributed by atoms with E-state index in [1.165, 1.54) is 12.5 Å². The molecule has 0 aliphatic heterocycles. The van der Waals surface area contributed by atoms with E-state index in [4.69, 9.17) is 5.26 Å². The molecule has 0 heterocycles. The predicted octanol–water partition coefficient (Wildman–Crippen LogP) is 3.78. The maximum atomic E-state index is 13.5. The Bertz CT molecular complexity index is 456. The van der Waals surface area contributed by atoms with Gasteiger partial charge in [0.15, 0.2) is 0 Å². The van der Waals surface area contributed by atoms with E-state index in [9.17, 15) is 4.39 Å². The first-order chi connectivity index (χ1) is 8.74. The average molecular weight is 264 g/mol. The van der Waals surface area contributed by atoms with E-state index in [1.54, 1.807) is 12.1 Å². The molecule has 0 spiro atoms. The van der Waals surface area contributed by atoms with E-state index >= 15 is 0 Å². The molecule has 1 N–H and O–H groups in total. The number of thioether (sulfide) groups is 1. The highest BCUT2D eigenvalue weighted by Crippen LogP contribution is 2.32. The SMILES string of the molecule is CCSC1CCC(Nc2cccc(F)c2C#N)C1. The Hall–Kier alpha value is -1.21. The van der Waals surface area contributed by atoms with Crippen molar-refractivity contribution in [1.29, 1.82) is 5.26 Å². The zero-order valence-corrected chi connectivity index (χ0v) is 11.3. The standard InChI is InChI=1S/C14H17FN2S/c1-2-18-11-7-6-10(8-11)17-14-5-3-4-13(15)12(14)9-16/h3-5,10-11,17H,2,6-8H2,1H3. The number of nitrogens with one attached hydrogen (secondary N) is 1. The van der Waals surface area contributed by atoms with Crippen LogP contribution in [-0.2, 0) is 0 Å². The van der Waals surface area contributed by atoms with Crippen molar-refractivity contribution >= 4 is 17.4 Å². The van der Waals surface area contributed by atoms with E-state index in [-0.39, 0.29) is 5.56 Å². The van der Waals surface area contributed by atoms with Gasteiger partial charge >= 0.3 is 0 Å². The third kappa shape index (κ3) is 2.97. The van der Waals surface area contributed by atoms with Crippen LogP contribution in [-0.4, -0.2) is 17.0 Å². The summed E-state index contributed by atoms with van der Waals surface area (Å²) in [7, 11) is 0. The van der Waals surface area contributed by atoms with Gasteiger partial charge in [0.05, 0.1) is 5.69 Å². The first kappa shape index (κ1) is 13.2. The Morgan fingerprint density at radius 3 is 3.06 bits per heavy atom. The van der Waals surface area contributed by atoms with Crippen LogP contribution in [0.3, 0.4) is 0 Å². The third-order valence-electron chi connectivity index (χ3n) is 3.27. The summed E-state index contributed by atoms with van der Waals surface area (Å²) in [5, 5.41) is 13.0. The van der Waals surface area contributed by atoms with Crippen LogP contribution >= 0.6 is 11.8 Å². The van der Waals surface area contributed by atoms with Gasteiger partial charge in [0.1, 0.15) is 17.4 Å². The summed E-state index contributed by atoms with van der Waals surface area (Å²) in [6.45, 7) is 2.17. The molecule has 4 heteroatoms. The second-order valence-electron chi connectivity index (χ2n) is 4.51. The van der Waals surface area contributed by atoms with Gasteiger partial charge in [-0.1, -0.05) is 13.0 Å². The summed E-state index contributed by atoms with van der Waals surface area (Å²) in [6.07, 6.45) is 3.40. The van der Waals surface area contributed by atoms with Crippen molar-refractivity contribution in [2.24, 2.45) is 0 Å². The molecule has 2 unspecified atom stereocenters. The molecule has 0 bridgehead atoms. The lowest BCUT2D eigenvalue weighted by Gasteiger charge is -2.15. The number of nitriles is 1. The number of anilines is 1. The maximum Gasteiger partial charge on any atom is 0.143 e. The lowest BCUT2D eigenvalue weighted by atomic mass is 10.1. The minimum atomic E-state index is -0.444. The molecule has 1 aromatic carbocycles. The zero-order chi connectivity index (χ0) is 13.0. The van der Waals surface area contributed by atoms with Crippen molar-refractivity contribution in [3.8, 4) is 6.07 Å². The summed E-state index contributed by atoms with van der Waals surface area (Å²) in [6, 6.07) is 7.05. The molecule has 1 aromatic rings. The topological polar surface area (TPSA) is 35.8 Å². The molecular formula is C14H17FN2S. The molecule has 2 rings (SSSR count). The molecule has 2 nitrogen and oxygen atoms in total. The molecule has 0 amide bonds. The highest BCUT2D eigenvalue weighted by Gasteiger charge is 2.25. The van der Waals surface area contributed by atoms with Crippen LogP contribution in [0.15, 0.2) is 18.2 Å². The number of benzene rings is 1. The average Bonchev–Trinajstić information content (AvgIpc) is 2.77. The summed E-state index contributed by atoms with van der Waals surface area (Å²) in [4.78, 5) is 0. The van der Waals surface area contributed by atoms with Gasteiger partial charge in [-0.3, -0.25) is 0 Å². The summed E-state index contributed by atoms with van der Waals surface area (Å²) in [5.74, 6) is 0.695. The fourth-order valence-electron chi connectivity index (χ4n) is 2.44. The van der Waals surface area contributed by atoms with Gasteiger partial charge in [-0.05, 0) is 37.1 Å². The predicted molar refractivity (Wildman–Crippen MR) is 74.3 cm³/mol. The van der Waals surface area contributed by atoms with Crippen LogP contribution in [0.4, 0.5) is 10.1 Å². The van der Waals surface area contributed by atoms with Crippen LogP contribution in [0.5, 0.6) is 0 Å². The van der Waals surface area contributed by atoms with Crippen molar-refractivity contribution in [3.63, 3.8) is 0 Å². The highest BCUT2D eigenvalue weighted by atomic mass is 32.2. The smallest absolute Gasteiger partial charge is 0.143 e. The Morgan fingerprint density at radius 1 is 1.50 bits per heavy atom. The number of rotatable bonds is 4. The van der Waals surface area contributed by atoms with Crippen molar-refractivity contribution in [2.45, 2.75) is 37.5 Å².